The Morgan fingerprint density at radius 3 is 2.81 bits per heavy atom. The van der Waals surface area contributed by atoms with Crippen LogP contribution < -0.4 is 16.8 Å². The van der Waals surface area contributed by atoms with Gasteiger partial charge in [-0.15, -0.1) is 0 Å². The molecule has 0 fully saturated rings. The van der Waals surface area contributed by atoms with E-state index in [1.165, 1.54) is 22.7 Å². The summed E-state index contributed by atoms with van der Waals surface area (Å²) in [5.41, 5.74) is 15.4. The number of hydrogen-bond donors (Lipinski definition) is 3. The van der Waals surface area contributed by atoms with E-state index in [9.17, 15) is 9.59 Å². The number of carbonyl (C=O) groups excluding carboxylic acids is 2. The van der Waals surface area contributed by atoms with Crippen molar-refractivity contribution in [2.24, 2.45) is 5.73 Å². The largest absolute Gasteiger partial charge is 0.375 e. The molecule has 5 rings (SSSR count). The van der Waals surface area contributed by atoms with Crippen LogP contribution in [0.1, 0.15) is 26.4 Å². The lowest BCUT2D eigenvalue weighted by molar-refractivity contribution is 0.0949. The fourth-order valence-corrected chi connectivity index (χ4v) is 4.89. The SMILES string of the molecule is NC(=O)c1c(-c2ccsc2)nc2c(C(=O)NCc3ccc4nc(N)sc4c3)cccn12. The van der Waals surface area contributed by atoms with Crippen LogP contribution in [0.4, 0.5) is 5.13 Å². The third-order valence-corrected chi connectivity index (χ3v) is 6.38. The van der Waals surface area contributed by atoms with E-state index in [4.69, 9.17) is 11.5 Å². The normalized spacial score (nSPS) is 11.2. The van der Waals surface area contributed by atoms with Crippen LogP contribution in [-0.4, -0.2) is 26.2 Å². The predicted molar refractivity (Wildman–Crippen MR) is 122 cm³/mol. The second-order valence-electron chi connectivity index (χ2n) is 6.84. The maximum absolute atomic E-state index is 13.0. The average molecular weight is 449 g/mol. The maximum Gasteiger partial charge on any atom is 0.268 e. The summed E-state index contributed by atoms with van der Waals surface area (Å²) in [5, 5.41) is 7.21. The predicted octanol–water partition coefficient (Wildman–Crippen LogP) is 3.28. The fourth-order valence-electron chi connectivity index (χ4n) is 3.46. The van der Waals surface area contributed by atoms with E-state index in [0.29, 0.717) is 28.6 Å². The van der Waals surface area contributed by atoms with Gasteiger partial charge < -0.3 is 16.8 Å². The molecule has 154 valence electrons. The first-order valence-electron chi connectivity index (χ1n) is 9.28. The molecular weight excluding hydrogens is 432 g/mol. The Morgan fingerprint density at radius 2 is 2.03 bits per heavy atom. The van der Waals surface area contributed by atoms with Crippen LogP contribution in [0, 0.1) is 0 Å². The first kappa shape index (κ1) is 19.2. The van der Waals surface area contributed by atoms with E-state index >= 15 is 0 Å². The van der Waals surface area contributed by atoms with Crippen LogP contribution in [0.25, 0.3) is 27.1 Å². The highest BCUT2D eigenvalue weighted by atomic mass is 32.1. The summed E-state index contributed by atoms with van der Waals surface area (Å²) in [5.74, 6) is -0.907. The van der Waals surface area contributed by atoms with Crippen molar-refractivity contribution in [3.8, 4) is 11.3 Å². The number of nitrogens with zero attached hydrogens (tertiary/aromatic N) is 3. The van der Waals surface area contributed by atoms with Gasteiger partial charge in [-0.1, -0.05) is 17.4 Å². The molecule has 0 bridgehead atoms. The van der Waals surface area contributed by atoms with Gasteiger partial charge in [-0.3, -0.25) is 14.0 Å². The van der Waals surface area contributed by atoms with Gasteiger partial charge in [0.25, 0.3) is 11.8 Å². The number of pyridine rings is 1. The van der Waals surface area contributed by atoms with Gasteiger partial charge in [0, 0.05) is 23.7 Å². The number of amides is 2. The number of anilines is 1. The monoisotopic (exact) mass is 448 g/mol. The number of thiophene rings is 1. The molecular formula is C21H16N6O2S2. The molecule has 0 saturated carbocycles. The van der Waals surface area contributed by atoms with Gasteiger partial charge >= 0.3 is 0 Å². The Morgan fingerprint density at radius 1 is 1.16 bits per heavy atom. The molecule has 0 aliphatic heterocycles. The molecule has 0 unspecified atom stereocenters. The number of thiazole rings is 1. The van der Waals surface area contributed by atoms with Gasteiger partial charge in [-0.2, -0.15) is 11.3 Å². The number of aromatic nitrogens is 3. The van der Waals surface area contributed by atoms with Crippen molar-refractivity contribution >= 4 is 55.5 Å². The minimum absolute atomic E-state index is 0.247. The summed E-state index contributed by atoms with van der Waals surface area (Å²) in [6, 6.07) is 11.0. The molecule has 0 atom stereocenters. The zero-order valence-corrected chi connectivity index (χ0v) is 17.7. The van der Waals surface area contributed by atoms with E-state index in [2.05, 4.69) is 15.3 Å². The number of fused-ring (bicyclic) bond motifs is 2. The number of carbonyl (C=O) groups is 2. The Labute approximate surface area is 184 Å². The topological polar surface area (TPSA) is 128 Å². The zero-order valence-electron chi connectivity index (χ0n) is 16.0. The molecule has 5 aromatic rings. The lowest BCUT2D eigenvalue weighted by atomic mass is 10.2. The quantitative estimate of drug-likeness (QED) is 0.380. The molecule has 0 saturated heterocycles. The highest BCUT2D eigenvalue weighted by Gasteiger charge is 2.22. The van der Waals surface area contributed by atoms with E-state index < -0.39 is 5.91 Å². The van der Waals surface area contributed by atoms with Gasteiger partial charge in [0.15, 0.2) is 10.8 Å². The second kappa shape index (κ2) is 7.49. The highest BCUT2D eigenvalue weighted by molar-refractivity contribution is 7.22. The highest BCUT2D eigenvalue weighted by Crippen LogP contribution is 2.28. The number of imidazole rings is 1. The number of nitrogen functional groups attached to an aromatic ring is 1. The molecule has 4 aromatic heterocycles. The number of rotatable bonds is 5. The lowest BCUT2D eigenvalue weighted by Crippen LogP contribution is -2.23. The molecule has 0 aliphatic rings. The van der Waals surface area contributed by atoms with Crippen molar-refractivity contribution in [2.75, 3.05) is 5.73 Å². The van der Waals surface area contributed by atoms with Crippen molar-refractivity contribution in [3.63, 3.8) is 0 Å². The van der Waals surface area contributed by atoms with E-state index in [1.54, 1.807) is 22.7 Å². The van der Waals surface area contributed by atoms with Crippen LogP contribution in [0.2, 0.25) is 0 Å². The van der Waals surface area contributed by atoms with Gasteiger partial charge in [0.2, 0.25) is 0 Å². The first-order chi connectivity index (χ1) is 15.0. The summed E-state index contributed by atoms with van der Waals surface area (Å²) in [6.07, 6.45) is 1.68. The van der Waals surface area contributed by atoms with Gasteiger partial charge in [-0.25, -0.2) is 9.97 Å². The second-order valence-corrected chi connectivity index (χ2v) is 8.68. The number of benzene rings is 1. The molecule has 0 radical (unpaired) electrons. The van der Waals surface area contributed by atoms with Gasteiger partial charge in [-0.05, 0) is 41.3 Å². The summed E-state index contributed by atoms with van der Waals surface area (Å²) in [6.45, 7) is 0.328. The molecule has 0 aliphatic carbocycles. The van der Waals surface area contributed by atoms with Crippen molar-refractivity contribution in [2.45, 2.75) is 6.54 Å². The van der Waals surface area contributed by atoms with Crippen molar-refractivity contribution in [3.05, 3.63) is 70.2 Å². The number of nitrogens with one attached hydrogen (secondary N) is 1. The third-order valence-electron chi connectivity index (χ3n) is 4.85. The molecule has 10 heteroatoms. The molecule has 0 spiro atoms. The third kappa shape index (κ3) is 3.41. The van der Waals surface area contributed by atoms with Crippen LogP contribution in [0.15, 0.2) is 53.4 Å². The van der Waals surface area contributed by atoms with Gasteiger partial charge in [0.05, 0.1) is 15.8 Å². The molecule has 5 N–H and O–H groups in total. The number of hydrogen-bond acceptors (Lipinski definition) is 7. The minimum Gasteiger partial charge on any atom is -0.375 e. The van der Waals surface area contributed by atoms with Gasteiger partial charge in [0.1, 0.15) is 11.4 Å². The first-order valence-corrected chi connectivity index (χ1v) is 11.0. The van der Waals surface area contributed by atoms with Crippen LogP contribution in [0.5, 0.6) is 0 Å². The van der Waals surface area contributed by atoms with Crippen LogP contribution in [-0.2, 0) is 6.54 Å². The van der Waals surface area contributed by atoms with Crippen molar-refractivity contribution in [1.82, 2.24) is 19.7 Å². The Bertz CT molecular complexity index is 1450. The average Bonchev–Trinajstić information content (AvgIpc) is 3.47. The fraction of sp³-hybridized carbons (Fsp3) is 0.0476. The summed E-state index contributed by atoms with van der Waals surface area (Å²) in [7, 11) is 0. The van der Waals surface area contributed by atoms with Crippen molar-refractivity contribution in [1.29, 1.82) is 0 Å². The lowest BCUT2D eigenvalue weighted by Gasteiger charge is -2.07. The molecule has 31 heavy (non-hydrogen) atoms. The summed E-state index contributed by atoms with van der Waals surface area (Å²) < 4.78 is 2.53. The zero-order chi connectivity index (χ0) is 21.5. The standard InChI is InChI=1S/C21H16N6O2S2/c22-18(28)17-16(12-5-7-30-10-12)26-19-13(2-1-6-27(17)19)20(29)24-9-11-3-4-14-15(8-11)31-21(23)25-14/h1-8,10H,9H2,(H2,22,28)(H2,23,25)(H,24,29). The number of primary amides is 1. The maximum atomic E-state index is 13.0. The van der Waals surface area contributed by atoms with Crippen LogP contribution >= 0.6 is 22.7 Å². The van der Waals surface area contributed by atoms with Crippen molar-refractivity contribution < 1.29 is 9.59 Å². The molecule has 2 amide bonds. The van der Waals surface area contributed by atoms with E-state index in [-0.39, 0.29) is 11.6 Å². The van der Waals surface area contributed by atoms with Crippen LogP contribution in [0.3, 0.4) is 0 Å². The Balaban J connectivity index is 1.48. The van der Waals surface area contributed by atoms with E-state index in [0.717, 1.165) is 21.3 Å². The summed E-state index contributed by atoms with van der Waals surface area (Å²) >= 11 is 2.89. The smallest absolute Gasteiger partial charge is 0.268 e. The van der Waals surface area contributed by atoms with E-state index in [1.807, 2.05) is 35.0 Å². The minimum atomic E-state index is -0.608. The summed E-state index contributed by atoms with van der Waals surface area (Å²) in [4.78, 5) is 33.9. The molecule has 1 aromatic carbocycles. The number of nitrogens with two attached hydrogens (primary N) is 2. The molecule has 8 nitrogen and oxygen atoms in total. The Hall–Kier alpha value is -3.76. The Kier molecular flexibility index (Phi) is 4.64. The molecule has 4 heterocycles.